The lowest BCUT2D eigenvalue weighted by Gasteiger charge is -2.08. The van der Waals surface area contributed by atoms with Crippen LogP contribution >= 0.6 is 0 Å². The number of aromatic nitrogens is 1. The minimum absolute atomic E-state index is 0.0332. The Hall–Kier alpha value is -3.19. The summed E-state index contributed by atoms with van der Waals surface area (Å²) in [5.74, 6) is -0.734. The van der Waals surface area contributed by atoms with Crippen LogP contribution in [-0.4, -0.2) is 48.5 Å². The van der Waals surface area contributed by atoms with Crippen molar-refractivity contribution >= 4 is 22.9 Å². The summed E-state index contributed by atoms with van der Waals surface area (Å²) in [6.45, 7) is 3.26. The molecule has 0 bridgehead atoms. The second-order valence-corrected chi connectivity index (χ2v) is 7.77. The molecular weight excluding hydrogens is 396 g/mol. The van der Waals surface area contributed by atoms with Crippen LogP contribution in [0.15, 0.2) is 51.7 Å². The summed E-state index contributed by atoms with van der Waals surface area (Å²) in [5, 5.41) is 0. The van der Waals surface area contributed by atoms with Crippen LogP contribution < -0.4 is 5.76 Å². The number of hydrogen-bond donors (Lipinski definition) is 0. The normalized spacial score (nSPS) is 11.2. The van der Waals surface area contributed by atoms with E-state index in [1.165, 1.54) is 4.57 Å². The molecular formula is C24H28N2O5. The van der Waals surface area contributed by atoms with Gasteiger partial charge in [-0.25, -0.2) is 4.79 Å². The first-order valence-electron chi connectivity index (χ1n) is 10.4. The fourth-order valence-corrected chi connectivity index (χ4v) is 3.49. The van der Waals surface area contributed by atoms with Gasteiger partial charge in [-0.2, -0.15) is 0 Å². The van der Waals surface area contributed by atoms with Crippen molar-refractivity contribution in [1.82, 2.24) is 9.47 Å². The molecule has 7 nitrogen and oxygen atoms in total. The number of rotatable bonds is 10. The molecule has 0 aliphatic heterocycles. The summed E-state index contributed by atoms with van der Waals surface area (Å²) in [7, 11) is 3.95. The Morgan fingerprint density at radius 1 is 1.10 bits per heavy atom. The number of Topliss-reactive ketones (excluding diaryl/α,β-unsaturated/α-hetero) is 1. The summed E-state index contributed by atoms with van der Waals surface area (Å²) in [5.41, 5.74) is 3.26. The summed E-state index contributed by atoms with van der Waals surface area (Å²) >= 11 is 0. The largest absolute Gasteiger partial charge is 0.466 e. The van der Waals surface area contributed by atoms with Crippen molar-refractivity contribution < 1.29 is 18.7 Å². The fourth-order valence-electron chi connectivity index (χ4n) is 3.49. The fraction of sp³-hybridized carbons (Fsp3) is 0.375. The molecule has 31 heavy (non-hydrogen) atoms. The number of carbonyl (C=O) groups is 2. The van der Waals surface area contributed by atoms with E-state index in [-0.39, 0.29) is 18.2 Å². The monoisotopic (exact) mass is 424 g/mol. The third kappa shape index (κ3) is 5.92. The Morgan fingerprint density at radius 2 is 1.87 bits per heavy atom. The van der Waals surface area contributed by atoms with Crippen LogP contribution in [0, 0.1) is 0 Å². The number of fused-ring (bicyclic) bond motifs is 1. The molecule has 3 aromatic rings. The zero-order chi connectivity index (χ0) is 22.4. The Balaban J connectivity index is 1.78. The molecule has 0 atom stereocenters. The number of nitrogens with zero attached hydrogens (tertiary/aromatic N) is 2. The first kappa shape index (κ1) is 22.5. The summed E-state index contributed by atoms with van der Waals surface area (Å²) < 4.78 is 11.9. The minimum atomic E-state index is -0.483. The molecule has 0 unspecified atom stereocenters. The van der Waals surface area contributed by atoms with E-state index >= 15 is 0 Å². The van der Waals surface area contributed by atoms with Crippen LogP contribution in [-0.2, 0) is 22.5 Å². The van der Waals surface area contributed by atoms with Gasteiger partial charge in [0.2, 0.25) is 0 Å². The number of esters is 1. The van der Waals surface area contributed by atoms with Gasteiger partial charge in [0.1, 0.15) is 0 Å². The molecule has 1 heterocycles. The van der Waals surface area contributed by atoms with Crippen LogP contribution in [0.5, 0.6) is 0 Å². The molecule has 0 aliphatic rings. The van der Waals surface area contributed by atoms with Gasteiger partial charge in [-0.1, -0.05) is 24.3 Å². The van der Waals surface area contributed by atoms with Gasteiger partial charge in [-0.15, -0.1) is 0 Å². The highest BCUT2D eigenvalue weighted by Gasteiger charge is 2.14. The van der Waals surface area contributed by atoms with Crippen molar-refractivity contribution in [3.05, 3.63) is 69.7 Å². The SMILES string of the molecule is CCOC(=O)Cc1cccc(Cn2c(=O)oc3cc(C(=O)CCCN(C)C)ccc32)c1. The highest BCUT2D eigenvalue weighted by Crippen LogP contribution is 2.18. The van der Waals surface area contributed by atoms with E-state index in [2.05, 4.69) is 0 Å². The van der Waals surface area contributed by atoms with E-state index in [0.29, 0.717) is 36.2 Å². The number of ether oxygens (including phenoxy) is 1. The maximum atomic E-state index is 12.5. The van der Waals surface area contributed by atoms with Gasteiger partial charge in [-0.05, 0) is 63.3 Å². The minimum Gasteiger partial charge on any atom is -0.466 e. The average Bonchev–Trinajstić information content (AvgIpc) is 3.02. The average molecular weight is 424 g/mol. The molecule has 0 fully saturated rings. The van der Waals surface area contributed by atoms with E-state index in [0.717, 1.165) is 24.1 Å². The predicted molar refractivity (Wildman–Crippen MR) is 118 cm³/mol. The van der Waals surface area contributed by atoms with Crippen molar-refractivity contribution in [2.45, 2.75) is 32.7 Å². The summed E-state index contributed by atoms with van der Waals surface area (Å²) in [6, 6.07) is 12.6. The van der Waals surface area contributed by atoms with E-state index < -0.39 is 5.76 Å². The topological polar surface area (TPSA) is 81.7 Å². The summed E-state index contributed by atoms with van der Waals surface area (Å²) in [4.78, 5) is 38.7. The molecule has 0 aliphatic carbocycles. The second-order valence-electron chi connectivity index (χ2n) is 7.77. The van der Waals surface area contributed by atoms with Crippen molar-refractivity contribution in [3.63, 3.8) is 0 Å². The van der Waals surface area contributed by atoms with E-state index in [1.807, 2.05) is 43.3 Å². The van der Waals surface area contributed by atoms with Gasteiger partial charge in [0, 0.05) is 12.0 Å². The van der Waals surface area contributed by atoms with Gasteiger partial charge >= 0.3 is 11.7 Å². The molecule has 3 rings (SSSR count). The summed E-state index contributed by atoms with van der Waals surface area (Å²) in [6.07, 6.45) is 1.40. The Morgan fingerprint density at radius 3 is 2.61 bits per heavy atom. The van der Waals surface area contributed by atoms with Gasteiger partial charge in [0.15, 0.2) is 11.4 Å². The van der Waals surface area contributed by atoms with Crippen LogP contribution in [0.25, 0.3) is 11.1 Å². The zero-order valence-electron chi connectivity index (χ0n) is 18.2. The zero-order valence-corrected chi connectivity index (χ0v) is 18.2. The van der Waals surface area contributed by atoms with Gasteiger partial charge in [0.25, 0.3) is 0 Å². The first-order chi connectivity index (χ1) is 14.9. The first-order valence-corrected chi connectivity index (χ1v) is 10.4. The maximum Gasteiger partial charge on any atom is 0.420 e. The van der Waals surface area contributed by atoms with E-state index in [4.69, 9.17) is 9.15 Å². The Bertz CT molecular complexity index is 1130. The number of benzene rings is 2. The Labute approximate surface area is 181 Å². The van der Waals surface area contributed by atoms with Gasteiger partial charge < -0.3 is 14.1 Å². The number of carbonyl (C=O) groups excluding carboxylic acids is 2. The molecule has 0 spiro atoms. The Kier molecular flexibility index (Phi) is 7.41. The molecule has 0 radical (unpaired) electrons. The molecule has 0 saturated heterocycles. The number of hydrogen-bond acceptors (Lipinski definition) is 6. The molecule has 2 aromatic carbocycles. The molecule has 0 saturated carbocycles. The predicted octanol–water partition coefficient (Wildman–Crippen LogP) is 3.27. The van der Waals surface area contributed by atoms with Gasteiger partial charge in [-0.3, -0.25) is 14.2 Å². The van der Waals surface area contributed by atoms with Crippen molar-refractivity contribution in [1.29, 1.82) is 0 Å². The smallest absolute Gasteiger partial charge is 0.420 e. The second kappa shape index (κ2) is 10.2. The lowest BCUT2D eigenvalue weighted by molar-refractivity contribution is -0.142. The molecule has 0 N–H and O–H groups in total. The van der Waals surface area contributed by atoms with E-state index in [9.17, 15) is 14.4 Å². The van der Waals surface area contributed by atoms with Crippen LogP contribution in [0.1, 0.15) is 41.3 Å². The molecule has 164 valence electrons. The number of oxazole rings is 1. The van der Waals surface area contributed by atoms with Crippen molar-refractivity contribution in [3.8, 4) is 0 Å². The van der Waals surface area contributed by atoms with Crippen molar-refractivity contribution in [2.24, 2.45) is 0 Å². The lowest BCUT2D eigenvalue weighted by Crippen LogP contribution is -2.15. The molecule has 7 heteroatoms. The molecule has 0 amide bonds. The standard InChI is InChI=1S/C24H28N2O5/c1-4-30-23(28)14-17-7-5-8-18(13-17)16-26-20-11-10-19(15-22(20)31-24(26)29)21(27)9-6-12-25(2)3/h5,7-8,10-11,13,15H,4,6,9,12,14,16H2,1-3H3. The highest BCUT2D eigenvalue weighted by atomic mass is 16.5. The van der Waals surface area contributed by atoms with Gasteiger partial charge in [0.05, 0.1) is 25.1 Å². The highest BCUT2D eigenvalue weighted by molar-refractivity contribution is 5.98. The maximum absolute atomic E-state index is 12.5. The molecule has 1 aromatic heterocycles. The van der Waals surface area contributed by atoms with Crippen molar-refractivity contribution in [2.75, 3.05) is 27.2 Å². The lowest BCUT2D eigenvalue weighted by atomic mass is 10.1. The third-order valence-corrected chi connectivity index (χ3v) is 4.99. The van der Waals surface area contributed by atoms with E-state index in [1.54, 1.807) is 25.1 Å². The third-order valence-electron chi connectivity index (χ3n) is 4.99. The quantitative estimate of drug-likeness (QED) is 0.367. The van der Waals surface area contributed by atoms with Crippen LogP contribution in [0.3, 0.4) is 0 Å². The van der Waals surface area contributed by atoms with Crippen LogP contribution in [0.2, 0.25) is 0 Å². The van der Waals surface area contributed by atoms with Crippen LogP contribution in [0.4, 0.5) is 0 Å². The number of ketones is 1.